The summed E-state index contributed by atoms with van der Waals surface area (Å²) in [5.74, 6) is -0.564. The summed E-state index contributed by atoms with van der Waals surface area (Å²) < 4.78 is 15.0. The van der Waals surface area contributed by atoms with Crippen LogP contribution in [0.5, 0.6) is 0 Å². The van der Waals surface area contributed by atoms with Crippen molar-refractivity contribution in [2.24, 2.45) is 5.92 Å². The number of aromatic nitrogens is 4. The Hall–Kier alpha value is -7.78. The van der Waals surface area contributed by atoms with E-state index in [9.17, 15) is 9.59 Å². The maximum atomic E-state index is 13.4. The minimum Gasteiger partial charge on any atom is -0.478 e. The molecule has 13 heteroatoms. The number of carboxylic acid groups (broad SMARTS) is 1. The molecule has 0 bridgehead atoms. The molecule has 1 N–H and O–H groups in total. The van der Waals surface area contributed by atoms with Crippen molar-refractivity contribution in [2.45, 2.75) is 82.7 Å². The smallest absolute Gasteiger partial charge is 0.335 e. The van der Waals surface area contributed by atoms with E-state index in [2.05, 4.69) is 62.4 Å². The van der Waals surface area contributed by atoms with Crippen LogP contribution in [0.15, 0.2) is 146 Å². The van der Waals surface area contributed by atoms with Gasteiger partial charge in [-0.25, -0.2) is 14.8 Å². The first-order chi connectivity index (χ1) is 37.5. The molecule has 4 aromatic heterocycles. The number of rotatable bonds is 9. The van der Waals surface area contributed by atoms with Crippen LogP contribution in [0.4, 0.5) is 0 Å². The SMILES string of the molecule is CC1(N2CCOCC2)CCC(C(=O)c2ccc(-c3ccc4ncc(-c5ccc(C#N)cc5)n4c3)cc2)CC1.CC1(N2CCOCC2)CCCCC1.N#Cc1ccc(-c2cnc3ccc(-c4ccc(C(=O)O)cc4)cn23)cc1. The van der Waals surface area contributed by atoms with Gasteiger partial charge in [-0.2, -0.15) is 10.5 Å². The topological polar surface area (TPSA) is 161 Å². The normalized spacial score (nSPS) is 19.7. The van der Waals surface area contributed by atoms with Crippen molar-refractivity contribution in [2.75, 3.05) is 52.6 Å². The number of hydrogen-bond donors (Lipinski definition) is 1. The largest absolute Gasteiger partial charge is 0.478 e. The highest BCUT2D eigenvalue weighted by Gasteiger charge is 2.39. The predicted molar refractivity (Wildman–Crippen MR) is 299 cm³/mol. The summed E-state index contributed by atoms with van der Waals surface area (Å²) in [4.78, 5) is 38.5. The molecule has 2 aliphatic carbocycles. The zero-order chi connectivity index (χ0) is 53.4. The van der Waals surface area contributed by atoms with E-state index < -0.39 is 5.97 Å². The molecular formula is C64H66N8O5. The highest BCUT2D eigenvalue weighted by atomic mass is 16.5. The van der Waals surface area contributed by atoms with Gasteiger partial charge in [0.05, 0.1) is 79.0 Å². The molecule has 392 valence electrons. The van der Waals surface area contributed by atoms with Gasteiger partial charge in [0, 0.05) is 72.3 Å². The summed E-state index contributed by atoms with van der Waals surface area (Å²) >= 11 is 0. The molecule has 0 amide bonds. The number of nitrogens with zero attached hydrogens (tertiary/aromatic N) is 8. The fraction of sp³-hybridized carbons (Fsp3) is 0.344. The second kappa shape index (κ2) is 23.6. The Kier molecular flexibility index (Phi) is 16.2. The second-order valence-electron chi connectivity index (χ2n) is 21.3. The summed E-state index contributed by atoms with van der Waals surface area (Å²) in [5.41, 5.74) is 12.6. The van der Waals surface area contributed by atoms with E-state index in [1.165, 1.54) is 32.1 Å². The number of benzene rings is 4. The molecule has 4 aliphatic rings. The first-order valence-corrected chi connectivity index (χ1v) is 27.1. The molecule has 4 fully saturated rings. The van der Waals surface area contributed by atoms with Crippen molar-refractivity contribution in [1.29, 1.82) is 10.5 Å². The van der Waals surface area contributed by atoms with E-state index in [4.69, 9.17) is 25.1 Å². The number of carboxylic acids is 1. The third-order valence-corrected chi connectivity index (χ3v) is 16.5. The van der Waals surface area contributed by atoms with Crippen LogP contribution < -0.4 is 0 Å². The quantitative estimate of drug-likeness (QED) is 0.137. The van der Waals surface area contributed by atoms with Crippen molar-refractivity contribution in [3.8, 4) is 56.9 Å². The molecule has 8 aromatic rings. The first kappa shape index (κ1) is 52.7. The van der Waals surface area contributed by atoms with Gasteiger partial charge in [-0.15, -0.1) is 0 Å². The van der Waals surface area contributed by atoms with Gasteiger partial charge >= 0.3 is 5.97 Å². The lowest BCUT2D eigenvalue weighted by molar-refractivity contribution is -0.0335. The number of fused-ring (bicyclic) bond motifs is 2. The lowest BCUT2D eigenvalue weighted by Crippen LogP contribution is -2.53. The Morgan fingerprint density at radius 1 is 0.519 bits per heavy atom. The molecule has 12 rings (SSSR count). The molecule has 2 saturated carbocycles. The Balaban J connectivity index is 0.000000148. The van der Waals surface area contributed by atoms with Crippen LogP contribution in [-0.4, -0.2) is 109 Å². The van der Waals surface area contributed by atoms with Gasteiger partial charge in [-0.1, -0.05) is 79.9 Å². The molecule has 0 radical (unpaired) electrons. The number of imidazole rings is 2. The average Bonchev–Trinajstić information content (AvgIpc) is 4.13. The van der Waals surface area contributed by atoms with Gasteiger partial charge in [-0.3, -0.25) is 23.4 Å². The number of Topliss-reactive ketones (excluding diaryl/α,β-unsaturated/α-hetero) is 1. The summed E-state index contributed by atoms with van der Waals surface area (Å²) in [7, 11) is 0. The van der Waals surface area contributed by atoms with Gasteiger partial charge in [0.1, 0.15) is 11.3 Å². The van der Waals surface area contributed by atoms with Crippen LogP contribution in [0, 0.1) is 28.6 Å². The lowest BCUT2D eigenvalue weighted by Gasteiger charge is -2.47. The molecular weight excluding hydrogens is 961 g/mol. The van der Waals surface area contributed by atoms with Crippen molar-refractivity contribution in [3.05, 3.63) is 168 Å². The minimum absolute atomic E-state index is 0.104. The highest BCUT2D eigenvalue weighted by Crippen LogP contribution is 2.39. The summed E-state index contributed by atoms with van der Waals surface area (Å²) in [6.07, 6.45) is 18.8. The molecule has 13 nitrogen and oxygen atoms in total. The number of ether oxygens (including phenoxy) is 2. The van der Waals surface area contributed by atoms with Crippen molar-refractivity contribution in [1.82, 2.24) is 28.6 Å². The summed E-state index contributed by atoms with van der Waals surface area (Å²) in [6.45, 7) is 12.6. The van der Waals surface area contributed by atoms with E-state index in [0.29, 0.717) is 16.7 Å². The standard InChI is InChI=1S/C32H32N4O2.C21H13N3O2.C11H21NO/c1-32(35-16-18-38-19-17-35)14-12-27(13-15-32)31(37)26-8-6-24(7-9-26)28-10-11-30-34-21-29(36(30)22-28)25-4-2-23(20-33)3-5-25;22-11-14-1-3-16(4-2-14)19-12-23-20-10-9-18(13-24(19)20)15-5-7-17(8-6-15)21(25)26;1-11(5-3-2-4-6-11)12-7-9-13-10-8-12/h2-11,21-22,27H,12-19H2,1H3;1-10,12-13H,(H,25,26);2-10H2,1H3. The number of morpholine rings is 2. The van der Waals surface area contributed by atoms with Crippen molar-refractivity contribution >= 4 is 23.0 Å². The van der Waals surface area contributed by atoms with Gasteiger partial charge in [0.25, 0.3) is 0 Å². The number of hydrogen-bond acceptors (Lipinski definition) is 10. The number of nitriles is 2. The molecule has 2 saturated heterocycles. The Morgan fingerprint density at radius 2 is 0.909 bits per heavy atom. The van der Waals surface area contributed by atoms with Crippen LogP contribution in [0.1, 0.15) is 103 Å². The zero-order valence-corrected chi connectivity index (χ0v) is 44.1. The number of aromatic carboxylic acids is 1. The van der Waals surface area contributed by atoms with Crippen LogP contribution in [0.2, 0.25) is 0 Å². The molecule has 0 spiro atoms. The third-order valence-electron chi connectivity index (χ3n) is 16.5. The maximum Gasteiger partial charge on any atom is 0.335 e. The van der Waals surface area contributed by atoms with E-state index in [1.54, 1.807) is 42.6 Å². The number of pyridine rings is 2. The van der Waals surface area contributed by atoms with Gasteiger partial charge < -0.3 is 14.6 Å². The van der Waals surface area contributed by atoms with Crippen LogP contribution >= 0.6 is 0 Å². The average molecular weight is 1030 g/mol. The fourth-order valence-corrected chi connectivity index (χ4v) is 11.7. The van der Waals surface area contributed by atoms with Crippen molar-refractivity contribution < 1.29 is 24.2 Å². The molecule has 6 heterocycles. The number of ketones is 1. The van der Waals surface area contributed by atoms with Crippen LogP contribution in [-0.2, 0) is 9.47 Å². The molecule has 0 unspecified atom stereocenters. The number of carbonyl (C=O) groups excluding carboxylic acids is 1. The number of carbonyl (C=O) groups is 2. The second-order valence-corrected chi connectivity index (χ2v) is 21.3. The van der Waals surface area contributed by atoms with Gasteiger partial charge in [0.2, 0.25) is 0 Å². The summed E-state index contributed by atoms with van der Waals surface area (Å²) in [6, 6.07) is 42.0. The first-order valence-electron chi connectivity index (χ1n) is 27.1. The fourth-order valence-electron chi connectivity index (χ4n) is 11.7. The van der Waals surface area contributed by atoms with Gasteiger partial charge in [0.15, 0.2) is 5.78 Å². The Labute approximate surface area is 451 Å². The van der Waals surface area contributed by atoms with E-state index in [0.717, 1.165) is 140 Å². The lowest BCUT2D eigenvalue weighted by atomic mass is 9.74. The zero-order valence-electron chi connectivity index (χ0n) is 44.1. The molecule has 2 aliphatic heterocycles. The molecule has 0 atom stereocenters. The Bertz CT molecular complexity index is 3400. The predicted octanol–water partition coefficient (Wildman–Crippen LogP) is 12.3. The Morgan fingerprint density at radius 3 is 1.32 bits per heavy atom. The van der Waals surface area contributed by atoms with Gasteiger partial charge in [-0.05, 0) is 135 Å². The van der Waals surface area contributed by atoms with E-state index in [1.807, 2.05) is 95.7 Å². The van der Waals surface area contributed by atoms with Crippen LogP contribution in [0.25, 0.3) is 56.1 Å². The highest BCUT2D eigenvalue weighted by molar-refractivity contribution is 5.98. The van der Waals surface area contributed by atoms with Crippen LogP contribution in [0.3, 0.4) is 0 Å². The van der Waals surface area contributed by atoms with Crippen molar-refractivity contribution in [3.63, 3.8) is 0 Å². The van der Waals surface area contributed by atoms with E-state index >= 15 is 0 Å². The molecule has 4 aromatic carbocycles. The summed E-state index contributed by atoms with van der Waals surface area (Å²) in [5, 5.41) is 27.1. The monoisotopic (exact) mass is 1030 g/mol. The molecule has 77 heavy (non-hydrogen) atoms. The maximum absolute atomic E-state index is 13.4. The van der Waals surface area contributed by atoms with E-state index in [-0.39, 0.29) is 22.8 Å². The third kappa shape index (κ3) is 11.9. The minimum atomic E-state index is -0.940.